The van der Waals surface area contributed by atoms with E-state index in [1.807, 2.05) is 36.4 Å². The molecule has 2 aliphatic heterocycles. The fourth-order valence-corrected chi connectivity index (χ4v) is 3.74. The van der Waals surface area contributed by atoms with E-state index in [1.165, 1.54) is 5.69 Å². The lowest BCUT2D eigenvalue weighted by Gasteiger charge is -2.35. The number of hydrogen-bond donors (Lipinski definition) is 1. The van der Waals surface area contributed by atoms with Crippen molar-refractivity contribution in [3.63, 3.8) is 0 Å². The molecule has 1 saturated heterocycles. The van der Waals surface area contributed by atoms with Gasteiger partial charge in [0.25, 0.3) is 0 Å². The first-order chi connectivity index (χ1) is 12.8. The summed E-state index contributed by atoms with van der Waals surface area (Å²) in [6.45, 7) is 3.64. The third-order valence-corrected chi connectivity index (χ3v) is 5.08. The van der Waals surface area contributed by atoms with E-state index in [9.17, 15) is 0 Å². The zero-order valence-electron chi connectivity index (χ0n) is 15.2. The van der Waals surface area contributed by atoms with Crippen LogP contribution in [0.4, 0.5) is 5.69 Å². The van der Waals surface area contributed by atoms with Crippen LogP contribution in [0.3, 0.4) is 0 Å². The monoisotopic (exact) mass is 354 g/mol. The number of para-hydroxylation sites is 2. The molecule has 0 radical (unpaired) electrons. The number of benzene rings is 2. The molecule has 1 N–H and O–H groups in total. The molecule has 0 bridgehead atoms. The maximum Gasteiger partial charge on any atom is 0.161 e. The standard InChI is InChI=1S/C21H26N2O3/c1-24-18-9-7-16(8-10-18)23-12-4-11-22-14-17(23)13-19-15-25-20-5-2-3-6-21(20)26-19/h2-3,5-10,17,19,22H,4,11-15H2,1H3. The summed E-state index contributed by atoms with van der Waals surface area (Å²) in [6, 6.07) is 16.6. The summed E-state index contributed by atoms with van der Waals surface area (Å²) in [7, 11) is 1.70. The summed E-state index contributed by atoms with van der Waals surface area (Å²) in [6.07, 6.45) is 2.12. The number of ether oxygens (including phenoxy) is 3. The first-order valence-electron chi connectivity index (χ1n) is 9.33. The van der Waals surface area contributed by atoms with Crippen LogP contribution in [0.5, 0.6) is 17.2 Å². The number of anilines is 1. The van der Waals surface area contributed by atoms with Gasteiger partial charge in [-0.25, -0.2) is 0 Å². The fourth-order valence-electron chi connectivity index (χ4n) is 3.74. The van der Waals surface area contributed by atoms with Crippen molar-refractivity contribution < 1.29 is 14.2 Å². The molecule has 5 heteroatoms. The van der Waals surface area contributed by atoms with Crippen molar-refractivity contribution in [2.75, 3.05) is 38.3 Å². The van der Waals surface area contributed by atoms with Crippen molar-refractivity contribution in [2.45, 2.75) is 25.0 Å². The molecule has 0 spiro atoms. The SMILES string of the molecule is COc1ccc(N2CCCNCC2CC2COc3ccccc3O2)cc1. The van der Waals surface area contributed by atoms with Gasteiger partial charge >= 0.3 is 0 Å². The van der Waals surface area contributed by atoms with Gasteiger partial charge in [0.05, 0.1) is 7.11 Å². The number of fused-ring (bicyclic) bond motifs is 1. The molecule has 2 aromatic rings. The van der Waals surface area contributed by atoms with Gasteiger partial charge in [0.1, 0.15) is 18.5 Å². The predicted molar refractivity (Wildman–Crippen MR) is 103 cm³/mol. The summed E-state index contributed by atoms with van der Waals surface area (Å²) in [5.74, 6) is 2.58. The first-order valence-corrected chi connectivity index (χ1v) is 9.33. The highest BCUT2D eigenvalue weighted by molar-refractivity contribution is 5.50. The molecule has 2 aliphatic rings. The van der Waals surface area contributed by atoms with Gasteiger partial charge in [-0.2, -0.15) is 0 Å². The summed E-state index contributed by atoms with van der Waals surface area (Å²) in [5, 5.41) is 3.57. The number of nitrogens with zero attached hydrogens (tertiary/aromatic N) is 1. The largest absolute Gasteiger partial charge is 0.497 e. The summed E-state index contributed by atoms with van der Waals surface area (Å²) < 4.78 is 17.4. The van der Waals surface area contributed by atoms with Crippen molar-refractivity contribution in [3.8, 4) is 17.2 Å². The fraction of sp³-hybridized carbons (Fsp3) is 0.429. The Morgan fingerprint density at radius 1 is 1.12 bits per heavy atom. The molecule has 26 heavy (non-hydrogen) atoms. The van der Waals surface area contributed by atoms with Gasteiger partial charge < -0.3 is 24.4 Å². The van der Waals surface area contributed by atoms with Crippen molar-refractivity contribution in [3.05, 3.63) is 48.5 Å². The molecule has 2 heterocycles. The molecule has 2 atom stereocenters. The van der Waals surface area contributed by atoms with E-state index in [-0.39, 0.29) is 6.10 Å². The second kappa shape index (κ2) is 7.87. The van der Waals surface area contributed by atoms with Crippen LogP contribution in [-0.4, -0.2) is 45.5 Å². The quantitative estimate of drug-likeness (QED) is 0.914. The van der Waals surface area contributed by atoms with Crippen LogP contribution in [0.2, 0.25) is 0 Å². The Balaban J connectivity index is 1.49. The van der Waals surface area contributed by atoms with E-state index in [1.54, 1.807) is 7.11 Å². The van der Waals surface area contributed by atoms with E-state index < -0.39 is 0 Å². The summed E-state index contributed by atoms with van der Waals surface area (Å²) in [5.41, 5.74) is 1.23. The predicted octanol–water partition coefficient (Wildman–Crippen LogP) is 3.09. The van der Waals surface area contributed by atoms with Gasteiger partial charge in [0.2, 0.25) is 0 Å². The van der Waals surface area contributed by atoms with Crippen LogP contribution in [0.15, 0.2) is 48.5 Å². The molecule has 2 aromatic carbocycles. The molecule has 0 aliphatic carbocycles. The topological polar surface area (TPSA) is 43.0 Å². The van der Waals surface area contributed by atoms with Crippen molar-refractivity contribution >= 4 is 5.69 Å². The van der Waals surface area contributed by atoms with Crippen molar-refractivity contribution in [2.24, 2.45) is 0 Å². The average Bonchev–Trinajstić information content (AvgIpc) is 2.93. The molecule has 0 aromatic heterocycles. The lowest BCUT2D eigenvalue weighted by Crippen LogP contribution is -2.45. The Morgan fingerprint density at radius 2 is 1.92 bits per heavy atom. The molecule has 2 unspecified atom stereocenters. The highest BCUT2D eigenvalue weighted by Crippen LogP contribution is 2.33. The normalized spacial score (nSPS) is 22.6. The average molecular weight is 354 g/mol. The maximum absolute atomic E-state index is 6.20. The molecule has 138 valence electrons. The molecule has 0 saturated carbocycles. The minimum atomic E-state index is 0.0653. The lowest BCUT2D eigenvalue weighted by molar-refractivity contribution is 0.0794. The first kappa shape index (κ1) is 17.0. The number of hydrogen-bond acceptors (Lipinski definition) is 5. The maximum atomic E-state index is 6.20. The van der Waals surface area contributed by atoms with Crippen LogP contribution >= 0.6 is 0 Å². The minimum absolute atomic E-state index is 0.0653. The minimum Gasteiger partial charge on any atom is -0.497 e. The van der Waals surface area contributed by atoms with Gasteiger partial charge in [-0.1, -0.05) is 12.1 Å². The van der Waals surface area contributed by atoms with Gasteiger partial charge in [-0.15, -0.1) is 0 Å². The zero-order chi connectivity index (χ0) is 17.8. The van der Waals surface area contributed by atoms with Crippen LogP contribution in [0.1, 0.15) is 12.8 Å². The van der Waals surface area contributed by atoms with Crippen molar-refractivity contribution in [1.82, 2.24) is 5.32 Å². The second-order valence-electron chi connectivity index (χ2n) is 6.84. The summed E-state index contributed by atoms with van der Waals surface area (Å²) >= 11 is 0. The van der Waals surface area contributed by atoms with Gasteiger partial charge in [0, 0.05) is 31.2 Å². The molecule has 1 fully saturated rings. The third-order valence-electron chi connectivity index (χ3n) is 5.08. The van der Waals surface area contributed by atoms with Crippen molar-refractivity contribution in [1.29, 1.82) is 0 Å². The number of rotatable bonds is 4. The molecule has 0 amide bonds. The summed E-state index contributed by atoms with van der Waals surface area (Å²) in [4.78, 5) is 2.49. The molecular weight excluding hydrogens is 328 g/mol. The van der Waals surface area contributed by atoms with E-state index in [0.717, 1.165) is 49.7 Å². The van der Waals surface area contributed by atoms with Crippen LogP contribution in [0.25, 0.3) is 0 Å². The Labute approximate surface area is 154 Å². The van der Waals surface area contributed by atoms with E-state index in [0.29, 0.717) is 12.6 Å². The van der Waals surface area contributed by atoms with Gasteiger partial charge in [0.15, 0.2) is 11.5 Å². The number of methoxy groups -OCH3 is 1. The van der Waals surface area contributed by atoms with E-state index in [2.05, 4.69) is 22.3 Å². The Kier molecular flexibility index (Phi) is 5.16. The van der Waals surface area contributed by atoms with Crippen LogP contribution < -0.4 is 24.4 Å². The smallest absolute Gasteiger partial charge is 0.161 e. The Hall–Kier alpha value is -2.40. The Bertz CT molecular complexity index is 719. The molecule has 5 nitrogen and oxygen atoms in total. The third kappa shape index (κ3) is 3.73. The lowest BCUT2D eigenvalue weighted by atomic mass is 10.1. The second-order valence-corrected chi connectivity index (χ2v) is 6.84. The van der Waals surface area contributed by atoms with Crippen LogP contribution in [0, 0.1) is 0 Å². The Morgan fingerprint density at radius 3 is 2.73 bits per heavy atom. The highest BCUT2D eigenvalue weighted by atomic mass is 16.6. The van der Waals surface area contributed by atoms with Gasteiger partial charge in [-0.05, 0) is 49.4 Å². The molecule has 4 rings (SSSR count). The van der Waals surface area contributed by atoms with E-state index in [4.69, 9.17) is 14.2 Å². The molecular formula is C21H26N2O3. The number of nitrogens with one attached hydrogen (secondary N) is 1. The zero-order valence-corrected chi connectivity index (χ0v) is 15.2. The van der Waals surface area contributed by atoms with Crippen LogP contribution in [-0.2, 0) is 0 Å². The highest BCUT2D eigenvalue weighted by Gasteiger charge is 2.28. The van der Waals surface area contributed by atoms with Gasteiger partial charge in [-0.3, -0.25) is 0 Å². The van der Waals surface area contributed by atoms with E-state index >= 15 is 0 Å².